The summed E-state index contributed by atoms with van der Waals surface area (Å²) in [5.74, 6) is 0.576. The van der Waals surface area contributed by atoms with Crippen LogP contribution in [0.15, 0.2) is 66.1 Å². The molecule has 3 rings (SSSR count). The maximum absolute atomic E-state index is 12.4. The van der Waals surface area contributed by atoms with Crippen molar-refractivity contribution in [1.82, 2.24) is 14.9 Å². The van der Waals surface area contributed by atoms with E-state index in [0.29, 0.717) is 6.54 Å². The molecule has 1 aliphatic rings. The summed E-state index contributed by atoms with van der Waals surface area (Å²) >= 11 is 0. The molecular formula is C25H33N3O3S. The van der Waals surface area contributed by atoms with Crippen LogP contribution in [0.2, 0.25) is 0 Å². The molecule has 0 spiro atoms. The summed E-state index contributed by atoms with van der Waals surface area (Å²) in [7, 11) is -3.59. The molecule has 32 heavy (non-hydrogen) atoms. The zero-order valence-corrected chi connectivity index (χ0v) is 19.4. The van der Waals surface area contributed by atoms with E-state index in [0.717, 1.165) is 42.8 Å². The van der Waals surface area contributed by atoms with Crippen molar-refractivity contribution in [3.05, 3.63) is 77.2 Å². The van der Waals surface area contributed by atoms with Crippen molar-refractivity contribution in [2.45, 2.75) is 32.2 Å². The van der Waals surface area contributed by atoms with Crippen LogP contribution in [0.3, 0.4) is 0 Å². The van der Waals surface area contributed by atoms with Crippen LogP contribution < -0.4 is 10.0 Å². The summed E-state index contributed by atoms with van der Waals surface area (Å²) in [4.78, 5) is 14.8. The molecule has 2 N–H and O–H groups in total. The van der Waals surface area contributed by atoms with Crippen molar-refractivity contribution < 1.29 is 13.2 Å². The number of hydrogen-bond acceptors (Lipinski definition) is 4. The predicted octanol–water partition coefficient (Wildman–Crippen LogP) is 3.56. The Hall–Kier alpha value is -2.48. The summed E-state index contributed by atoms with van der Waals surface area (Å²) < 4.78 is 26.7. The number of hydrogen-bond donors (Lipinski definition) is 2. The summed E-state index contributed by atoms with van der Waals surface area (Å²) in [6.07, 6.45) is 3.95. The van der Waals surface area contributed by atoms with Gasteiger partial charge in [-0.25, -0.2) is 13.1 Å². The molecule has 0 saturated carbocycles. The Morgan fingerprint density at radius 2 is 1.69 bits per heavy atom. The average molecular weight is 456 g/mol. The average Bonchev–Trinajstić information content (AvgIpc) is 2.80. The summed E-state index contributed by atoms with van der Waals surface area (Å²) in [5.41, 5.74) is 1.99. The molecule has 2 aromatic carbocycles. The normalized spacial score (nSPS) is 16.8. The topological polar surface area (TPSA) is 78.5 Å². The van der Waals surface area contributed by atoms with Crippen molar-refractivity contribution in [1.29, 1.82) is 0 Å². The molecule has 1 fully saturated rings. The number of likely N-dealkylation sites (tertiary alicyclic amines) is 1. The van der Waals surface area contributed by atoms with Gasteiger partial charge in [0, 0.05) is 24.9 Å². The highest BCUT2D eigenvalue weighted by Gasteiger charge is 2.25. The Balaban J connectivity index is 1.48. The van der Waals surface area contributed by atoms with Crippen molar-refractivity contribution in [2.24, 2.45) is 5.92 Å². The van der Waals surface area contributed by atoms with Gasteiger partial charge < -0.3 is 5.32 Å². The largest absolute Gasteiger partial charge is 0.354 e. The Kier molecular flexibility index (Phi) is 9.02. The highest BCUT2D eigenvalue weighted by atomic mass is 32.2. The minimum Gasteiger partial charge on any atom is -0.354 e. The van der Waals surface area contributed by atoms with E-state index < -0.39 is 10.0 Å². The van der Waals surface area contributed by atoms with E-state index in [1.54, 1.807) is 0 Å². The van der Waals surface area contributed by atoms with Gasteiger partial charge in [0.15, 0.2) is 0 Å². The Labute approximate surface area is 191 Å². The van der Waals surface area contributed by atoms with Gasteiger partial charge in [0.1, 0.15) is 0 Å². The van der Waals surface area contributed by atoms with Crippen molar-refractivity contribution in [3.63, 3.8) is 0 Å². The standard InChI is InChI=1S/C25H33N3O3S/c1-21-13-17-28(18-14-21)24(23-10-6-3-7-11-23)20-26-25(29)12-16-27-32(30,31)19-15-22-8-4-2-5-9-22/h2-11,15,19,21,24,27H,12-14,16-18,20H2,1H3,(H,26,29)/b19-15+. The van der Waals surface area contributed by atoms with E-state index in [4.69, 9.17) is 0 Å². The molecule has 1 atom stereocenters. The van der Waals surface area contributed by atoms with E-state index in [1.807, 2.05) is 48.5 Å². The lowest BCUT2D eigenvalue weighted by Crippen LogP contribution is -2.42. The van der Waals surface area contributed by atoms with E-state index in [-0.39, 0.29) is 24.9 Å². The van der Waals surface area contributed by atoms with E-state index >= 15 is 0 Å². The number of rotatable bonds is 10. The van der Waals surface area contributed by atoms with Gasteiger partial charge in [-0.2, -0.15) is 0 Å². The molecular weight excluding hydrogens is 422 g/mol. The van der Waals surface area contributed by atoms with E-state index in [1.165, 1.54) is 11.6 Å². The third kappa shape index (κ3) is 7.89. The van der Waals surface area contributed by atoms with Gasteiger partial charge in [-0.15, -0.1) is 0 Å². The number of carbonyl (C=O) groups excluding carboxylic acids is 1. The molecule has 1 amide bonds. The van der Waals surface area contributed by atoms with Gasteiger partial charge in [-0.05, 0) is 49.1 Å². The van der Waals surface area contributed by atoms with Crippen LogP contribution in [-0.4, -0.2) is 45.4 Å². The van der Waals surface area contributed by atoms with Crippen molar-refractivity contribution in [2.75, 3.05) is 26.2 Å². The first-order chi connectivity index (χ1) is 15.4. The summed E-state index contributed by atoms with van der Waals surface area (Å²) in [6, 6.07) is 19.6. The fraction of sp³-hybridized carbons (Fsp3) is 0.400. The highest BCUT2D eigenvalue weighted by Crippen LogP contribution is 2.26. The molecule has 0 aromatic heterocycles. The van der Waals surface area contributed by atoms with Crippen LogP contribution in [0, 0.1) is 5.92 Å². The zero-order chi connectivity index (χ0) is 22.8. The van der Waals surface area contributed by atoms with Crippen LogP contribution >= 0.6 is 0 Å². The number of piperidine rings is 1. The number of amides is 1. The highest BCUT2D eigenvalue weighted by molar-refractivity contribution is 7.92. The predicted molar refractivity (Wildman–Crippen MR) is 129 cm³/mol. The lowest BCUT2D eigenvalue weighted by Gasteiger charge is -2.37. The molecule has 1 unspecified atom stereocenters. The number of benzene rings is 2. The van der Waals surface area contributed by atoms with Gasteiger partial charge in [0.25, 0.3) is 0 Å². The second-order valence-corrected chi connectivity index (χ2v) is 10.0. The smallest absolute Gasteiger partial charge is 0.233 e. The van der Waals surface area contributed by atoms with Gasteiger partial charge in [-0.1, -0.05) is 67.6 Å². The first-order valence-corrected chi connectivity index (χ1v) is 12.8. The second kappa shape index (κ2) is 11.9. The molecule has 1 aliphatic heterocycles. The number of nitrogens with one attached hydrogen (secondary N) is 2. The minimum absolute atomic E-state index is 0.0600. The van der Waals surface area contributed by atoms with Gasteiger partial charge >= 0.3 is 0 Å². The first-order valence-electron chi connectivity index (χ1n) is 11.2. The molecule has 0 bridgehead atoms. The van der Waals surface area contributed by atoms with E-state index in [9.17, 15) is 13.2 Å². The molecule has 1 heterocycles. The molecule has 172 valence electrons. The van der Waals surface area contributed by atoms with Crippen molar-refractivity contribution in [3.8, 4) is 0 Å². The minimum atomic E-state index is -3.59. The molecule has 6 nitrogen and oxygen atoms in total. The molecule has 7 heteroatoms. The quantitative estimate of drug-likeness (QED) is 0.574. The van der Waals surface area contributed by atoms with E-state index in [2.05, 4.69) is 34.0 Å². The molecule has 0 aliphatic carbocycles. The Bertz CT molecular complexity index is 970. The number of nitrogens with zero attached hydrogens (tertiary/aromatic N) is 1. The fourth-order valence-corrected chi connectivity index (χ4v) is 4.68. The molecule has 1 saturated heterocycles. The number of sulfonamides is 1. The molecule has 0 radical (unpaired) electrons. The Morgan fingerprint density at radius 1 is 1.06 bits per heavy atom. The molecule has 2 aromatic rings. The maximum Gasteiger partial charge on any atom is 0.233 e. The van der Waals surface area contributed by atoms with Gasteiger partial charge in [0.05, 0.1) is 6.04 Å². The lowest BCUT2D eigenvalue weighted by molar-refractivity contribution is -0.121. The second-order valence-electron chi connectivity index (χ2n) is 8.35. The van der Waals surface area contributed by atoms with Crippen LogP contribution in [0.25, 0.3) is 6.08 Å². The van der Waals surface area contributed by atoms with Gasteiger partial charge in [0.2, 0.25) is 15.9 Å². The summed E-state index contributed by atoms with van der Waals surface area (Å²) in [6.45, 7) is 4.89. The monoisotopic (exact) mass is 455 g/mol. The van der Waals surface area contributed by atoms with Crippen LogP contribution in [0.1, 0.15) is 43.4 Å². The third-order valence-corrected chi connectivity index (χ3v) is 6.93. The van der Waals surface area contributed by atoms with Gasteiger partial charge in [-0.3, -0.25) is 9.69 Å². The fourth-order valence-electron chi connectivity index (χ4n) is 3.86. The van der Waals surface area contributed by atoms with Crippen LogP contribution in [-0.2, 0) is 14.8 Å². The third-order valence-electron chi connectivity index (χ3n) is 5.83. The van der Waals surface area contributed by atoms with Crippen LogP contribution in [0.5, 0.6) is 0 Å². The first kappa shape index (κ1) is 24.2. The zero-order valence-electron chi connectivity index (χ0n) is 18.6. The number of carbonyl (C=O) groups is 1. The summed E-state index contributed by atoms with van der Waals surface area (Å²) in [5, 5.41) is 4.13. The SMILES string of the molecule is CC1CCN(C(CNC(=O)CCNS(=O)(=O)/C=C/c2ccccc2)c2ccccc2)CC1. The lowest BCUT2D eigenvalue weighted by atomic mass is 9.95. The maximum atomic E-state index is 12.4. The van der Waals surface area contributed by atoms with Crippen molar-refractivity contribution >= 4 is 22.0 Å². The Morgan fingerprint density at radius 3 is 2.34 bits per heavy atom. The van der Waals surface area contributed by atoms with Crippen LogP contribution in [0.4, 0.5) is 0 Å².